The van der Waals surface area contributed by atoms with Gasteiger partial charge in [-0.3, -0.25) is 9.59 Å². The molecular formula is C23H27N3O4S2. The Labute approximate surface area is 193 Å². The lowest BCUT2D eigenvalue weighted by molar-refractivity contribution is -0.123. The molecule has 7 nitrogen and oxygen atoms in total. The van der Waals surface area contributed by atoms with E-state index in [-0.39, 0.29) is 35.0 Å². The van der Waals surface area contributed by atoms with Crippen LogP contribution in [-0.4, -0.2) is 49.9 Å². The Morgan fingerprint density at radius 3 is 2.53 bits per heavy atom. The number of carbonyl (C=O) groups is 2. The molecule has 32 heavy (non-hydrogen) atoms. The molecule has 1 unspecified atom stereocenters. The maximum absolute atomic E-state index is 13.1. The van der Waals surface area contributed by atoms with E-state index >= 15 is 0 Å². The van der Waals surface area contributed by atoms with Crippen molar-refractivity contribution in [2.75, 3.05) is 30.3 Å². The fourth-order valence-corrected chi connectivity index (χ4v) is 6.48. The minimum absolute atomic E-state index is 0.156. The average Bonchev–Trinajstić information content (AvgIpc) is 2.81. The van der Waals surface area contributed by atoms with Crippen LogP contribution in [-0.2, 0) is 19.6 Å². The summed E-state index contributed by atoms with van der Waals surface area (Å²) in [4.78, 5) is 27.8. The molecule has 2 aliphatic heterocycles. The predicted octanol–water partition coefficient (Wildman–Crippen LogP) is 3.18. The van der Waals surface area contributed by atoms with Crippen molar-refractivity contribution < 1.29 is 18.0 Å². The molecule has 0 aliphatic carbocycles. The van der Waals surface area contributed by atoms with Gasteiger partial charge < -0.3 is 10.2 Å². The van der Waals surface area contributed by atoms with Crippen molar-refractivity contribution in [1.29, 1.82) is 0 Å². The third kappa shape index (κ3) is 4.84. The van der Waals surface area contributed by atoms with Crippen LogP contribution >= 0.6 is 11.8 Å². The Hall–Kier alpha value is -2.36. The monoisotopic (exact) mass is 473 g/mol. The molecule has 9 heteroatoms. The minimum atomic E-state index is -3.63. The first-order chi connectivity index (χ1) is 15.4. The van der Waals surface area contributed by atoms with Crippen molar-refractivity contribution >= 4 is 39.3 Å². The normalized spacial score (nSPS) is 18.2. The van der Waals surface area contributed by atoms with Gasteiger partial charge in [0.1, 0.15) is 6.54 Å². The number of fused-ring (bicyclic) bond motifs is 1. The molecule has 2 aliphatic rings. The topological polar surface area (TPSA) is 86.8 Å². The maximum Gasteiger partial charge on any atom is 0.243 e. The second-order valence-electron chi connectivity index (χ2n) is 8.06. The minimum Gasteiger partial charge on any atom is -0.348 e. The highest BCUT2D eigenvalue weighted by Crippen LogP contribution is 2.37. The van der Waals surface area contributed by atoms with Crippen LogP contribution in [0.3, 0.4) is 0 Å². The second-order valence-corrected chi connectivity index (χ2v) is 11.0. The lowest BCUT2D eigenvalue weighted by atomic mass is 10.1. The van der Waals surface area contributed by atoms with Gasteiger partial charge in [0.25, 0.3) is 0 Å². The first-order valence-electron chi connectivity index (χ1n) is 10.8. The van der Waals surface area contributed by atoms with Crippen molar-refractivity contribution in [2.24, 2.45) is 0 Å². The molecule has 0 bridgehead atoms. The fraction of sp³-hybridized carbons (Fsp3) is 0.391. The Morgan fingerprint density at radius 2 is 1.81 bits per heavy atom. The van der Waals surface area contributed by atoms with Crippen LogP contribution < -0.4 is 10.2 Å². The van der Waals surface area contributed by atoms with Crippen LogP contribution in [0.1, 0.15) is 37.8 Å². The molecule has 2 heterocycles. The number of carbonyl (C=O) groups excluding carboxylic acids is 2. The first kappa shape index (κ1) is 22.8. The number of hydrogen-bond donors (Lipinski definition) is 1. The summed E-state index contributed by atoms with van der Waals surface area (Å²) in [6.07, 6.45) is 2.74. The quantitative estimate of drug-likeness (QED) is 0.696. The van der Waals surface area contributed by atoms with Crippen molar-refractivity contribution in [3.05, 3.63) is 54.1 Å². The molecule has 0 aromatic heterocycles. The summed E-state index contributed by atoms with van der Waals surface area (Å²) in [5.41, 5.74) is 1.45. The molecular weight excluding hydrogens is 446 g/mol. The second kappa shape index (κ2) is 9.64. The zero-order valence-electron chi connectivity index (χ0n) is 18.0. The van der Waals surface area contributed by atoms with Gasteiger partial charge in [-0.25, -0.2) is 8.42 Å². The molecule has 2 amide bonds. The molecule has 1 fully saturated rings. The van der Waals surface area contributed by atoms with Crippen LogP contribution in [0.5, 0.6) is 0 Å². The summed E-state index contributed by atoms with van der Waals surface area (Å²) in [6, 6.07) is 14.3. The van der Waals surface area contributed by atoms with E-state index in [9.17, 15) is 18.0 Å². The van der Waals surface area contributed by atoms with E-state index in [1.165, 1.54) is 27.0 Å². The van der Waals surface area contributed by atoms with Gasteiger partial charge in [-0.1, -0.05) is 36.8 Å². The van der Waals surface area contributed by atoms with E-state index in [0.29, 0.717) is 18.8 Å². The summed E-state index contributed by atoms with van der Waals surface area (Å²) in [7, 11) is -3.63. The van der Waals surface area contributed by atoms with Crippen LogP contribution in [0, 0.1) is 0 Å². The third-order valence-corrected chi connectivity index (χ3v) is 8.75. The number of amides is 2. The molecule has 4 rings (SSSR count). The summed E-state index contributed by atoms with van der Waals surface area (Å²) in [5.74, 6) is -0.290. The van der Waals surface area contributed by atoms with Crippen LogP contribution in [0.2, 0.25) is 0 Å². The van der Waals surface area contributed by atoms with Crippen molar-refractivity contribution in [1.82, 2.24) is 9.62 Å². The number of sulfonamides is 1. The van der Waals surface area contributed by atoms with Gasteiger partial charge in [-0.2, -0.15) is 4.31 Å². The van der Waals surface area contributed by atoms with E-state index < -0.39 is 10.0 Å². The number of nitrogens with one attached hydrogen (secondary N) is 1. The van der Waals surface area contributed by atoms with E-state index in [4.69, 9.17) is 0 Å². The number of rotatable bonds is 6. The number of benzene rings is 2. The predicted molar refractivity (Wildman–Crippen MR) is 125 cm³/mol. The smallest absolute Gasteiger partial charge is 0.243 e. The van der Waals surface area contributed by atoms with Crippen LogP contribution in [0.4, 0.5) is 5.69 Å². The lowest BCUT2D eigenvalue weighted by Crippen LogP contribution is -2.44. The van der Waals surface area contributed by atoms with Gasteiger partial charge in [0.15, 0.2) is 0 Å². The van der Waals surface area contributed by atoms with E-state index in [1.807, 2.05) is 37.3 Å². The molecule has 0 spiro atoms. The number of anilines is 1. The van der Waals surface area contributed by atoms with Gasteiger partial charge >= 0.3 is 0 Å². The van der Waals surface area contributed by atoms with Gasteiger partial charge in [-0.15, -0.1) is 11.8 Å². The van der Waals surface area contributed by atoms with E-state index in [2.05, 4.69) is 5.32 Å². The molecule has 170 valence electrons. The number of thioether (sulfide) groups is 1. The van der Waals surface area contributed by atoms with E-state index in [0.717, 1.165) is 29.7 Å². The first-order valence-corrected chi connectivity index (χ1v) is 13.2. The summed E-state index contributed by atoms with van der Waals surface area (Å²) in [5, 5.41) is 2.93. The van der Waals surface area contributed by atoms with Gasteiger partial charge in [0.05, 0.1) is 22.4 Å². The van der Waals surface area contributed by atoms with Gasteiger partial charge in [0.2, 0.25) is 21.8 Å². The average molecular weight is 474 g/mol. The van der Waals surface area contributed by atoms with Crippen LogP contribution in [0.15, 0.2) is 58.3 Å². The molecule has 0 saturated carbocycles. The highest BCUT2D eigenvalue weighted by Gasteiger charge is 2.31. The molecule has 1 N–H and O–H groups in total. The lowest BCUT2D eigenvalue weighted by Gasteiger charge is -2.30. The Bertz CT molecular complexity index is 1100. The summed E-state index contributed by atoms with van der Waals surface area (Å²) < 4.78 is 27.8. The number of piperidine rings is 1. The molecule has 1 saturated heterocycles. The fourth-order valence-electron chi connectivity index (χ4n) is 4.03. The van der Waals surface area contributed by atoms with Crippen LogP contribution in [0.25, 0.3) is 0 Å². The van der Waals surface area contributed by atoms with Crippen molar-refractivity contribution in [3.63, 3.8) is 0 Å². The molecule has 1 atom stereocenters. The highest BCUT2D eigenvalue weighted by molar-refractivity contribution is 8.00. The van der Waals surface area contributed by atoms with Crippen molar-refractivity contribution in [2.45, 2.75) is 42.0 Å². The third-order valence-electron chi connectivity index (χ3n) is 5.80. The summed E-state index contributed by atoms with van der Waals surface area (Å²) in [6.45, 7) is 2.75. The number of hydrogen-bond acceptors (Lipinski definition) is 5. The maximum atomic E-state index is 13.1. The standard InChI is InChI=1S/C23H27N3O4S2/c1-17(18-8-4-2-5-9-18)24-22(27)15-26-20-14-19(10-11-21(20)31-16-23(26)28)32(29,30)25-12-6-3-7-13-25/h2,4-5,8-11,14,17H,3,6-7,12-13,15-16H2,1H3,(H,24,27). The zero-order chi connectivity index (χ0) is 22.7. The molecule has 2 aromatic carbocycles. The Balaban J connectivity index is 1.55. The summed E-state index contributed by atoms with van der Waals surface area (Å²) >= 11 is 1.36. The SMILES string of the molecule is CC(NC(=O)CN1C(=O)CSc2ccc(S(=O)(=O)N3CCCCC3)cc21)c1ccccc1. The van der Waals surface area contributed by atoms with E-state index in [1.54, 1.807) is 12.1 Å². The largest absolute Gasteiger partial charge is 0.348 e. The zero-order valence-corrected chi connectivity index (χ0v) is 19.6. The van der Waals surface area contributed by atoms with Gasteiger partial charge in [-0.05, 0) is 43.5 Å². The van der Waals surface area contributed by atoms with Crippen molar-refractivity contribution in [3.8, 4) is 0 Å². The Kier molecular flexibility index (Phi) is 6.88. The highest BCUT2D eigenvalue weighted by atomic mass is 32.2. The molecule has 0 radical (unpaired) electrons. The Morgan fingerprint density at radius 1 is 1.09 bits per heavy atom. The number of nitrogens with zero attached hydrogens (tertiary/aromatic N) is 2. The molecule has 2 aromatic rings. The van der Waals surface area contributed by atoms with Gasteiger partial charge in [0, 0.05) is 18.0 Å².